The molecule has 2 rings (SSSR count). The fraction of sp³-hybridized carbons (Fsp3) is 0.0769. The average Bonchev–Trinajstić information content (AvgIpc) is 2.40. The van der Waals surface area contributed by atoms with Gasteiger partial charge in [0.05, 0.1) is 15.6 Å². The van der Waals surface area contributed by atoms with Crippen LogP contribution in [-0.4, -0.2) is 13.5 Å². The van der Waals surface area contributed by atoms with E-state index in [1.807, 2.05) is 0 Å². The summed E-state index contributed by atoms with van der Waals surface area (Å²) in [5, 5.41) is 9.56. The zero-order valence-electron chi connectivity index (χ0n) is 10.1. The van der Waals surface area contributed by atoms with E-state index in [0.29, 0.717) is 11.3 Å². The van der Waals surface area contributed by atoms with Gasteiger partial charge in [0.15, 0.2) is 0 Å². The van der Waals surface area contributed by atoms with Crippen LogP contribution in [0.15, 0.2) is 47.4 Å². The van der Waals surface area contributed by atoms with Gasteiger partial charge in [-0.15, -0.1) is 0 Å². The van der Waals surface area contributed by atoms with E-state index in [4.69, 9.17) is 11.6 Å². The van der Waals surface area contributed by atoms with E-state index in [-0.39, 0.29) is 15.7 Å². The smallest absolute Gasteiger partial charge is 0.261 e. The number of rotatable bonds is 3. The van der Waals surface area contributed by atoms with Gasteiger partial charge in [0.2, 0.25) is 0 Å². The average molecular weight is 298 g/mol. The van der Waals surface area contributed by atoms with Gasteiger partial charge in [-0.2, -0.15) is 0 Å². The number of hydrogen-bond acceptors (Lipinski definition) is 3. The highest BCUT2D eigenvalue weighted by molar-refractivity contribution is 7.92. The van der Waals surface area contributed by atoms with Gasteiger partial charge in [0, 0.05) is 0 Å². The number of halogens is 1. The van der Waals surface area contributed by atoms with E-state index in [1.165, 1.54) is 24.3 Å². The minimum atomic E-state index is -3.66. The Bertz CT molecular complexity index is 699. The molecule has 0 atom stereocenters. The molecule has 0 radical (unpaired) electrons. The van der Waals surface area contributed by atoms with Crippen LogP contribution in [0.4, 0.5) is 5.69 Å². The summed E-state index contributed by atoms with van der Waals surface area (Å²) in [6.07, 6.45) is 0. The van der Waals surface area contributed by atoms with Gasteiger partial charge >= 0.3 is 0 Å². The fourth-order valence-electron chi connectivity index (χ4n) is 1.58. The lowest BCUT2D eigenvalue weighted by molar-refractivity contribution is 0.475. The molecule has 4 nitrogen and oxygen atoms in total. The number of phenolic OH excluding ortho intramolecular Hbond substituents is 1. The summed E-state index contributed by atoms with van der Waals surface area (Å²) >= 11 is 5.87. The molecule has 0 aliphatic heterocycles. The first-order chi connectivity index (χ1) is 8.92. The Balaban J connectivity index is 2.40. The summed E-state index contributed by atoms with van der Waals surface area (Å²) in [5.74, 6) is -0.0816. The molecule has 19 heavy (non-hydrogen) atoms. The molecule has 2 N–H and O–H groups in total. The number of aromatic hydroxyl groups is 1. The first-order valence-electron chi connectivity index (χ1n) is 5.48. The molecule has 6 heteroatoms. The lowest BCUT2D eigenvalue weighted by atomic mass is 10.2. The SMILES string of the molecule is Cc1c(NS(=O)(=O)c2ccccc2)ccc(O)c1Cl. The van der Waals surface area contributed by atoms with Gasteiger partial charge in [-0.3, -0.25) is 4.72 Å². The third kappa shape index (κ3) is 2.83. The molecule has 0 aromatic heterocycles. The van der Waals surface area contributed by atoms with Crippen molar-refractivity contribution < 1.29 is 13.5 Å². The maximum absolute atomic E-state index is 12.1. The van der Waals surface area contributed by atoms with E-state index < -0.39 is 10.0 Å². The van der Waals surface area contributed by atoms with E-state index >= 15 is 0 Å². The largest absolute Gasteiger partial charge is 0.506 e. The highest BCUT2D eigenvalue weighted by atomic mass is 35.5. The second-order valence-corrected chi connectivity index (χ2v) is 6.05. The lowest BCUT2D eigenvalue weighted by Gasteiger charge is -2.12. The molecule has 0 spiro atoms. The monoisotopic (exact) mass is 297 g/mol. The van der Waals surface area contributed by atoms with Crippen LogP contribution in [0.1, 0.15) is 5.56 Å². The van der Waals surface area contributed by atoms with Crippen molar-refractivity contribution in [1.29, 1.82) is 0 Å². The highest BCUT2D eigenvalue weighted by Crippen LogP contribution is 2.32. The van der Waals surface area contributed by atoms with Crippen molar-refractivity contribution in [3.63, 3.8) is 0 Å². The number of nitrogens with one attached hydrogen (secondary N) is 1. The molecule has 100 valence electrons. The van der Waals surface area contributed by atoms with Crippen LogP contribution in [0.25, 0.3) is 0 Å². The molecular weight excluding hydrogens is 286 g/mol. The fourth-order valence-corrected chi connectivity index (χ4v) is 2.89. The van der Waals surface area contributed by atoms with Crippen molar-refractivity contribution in [3.8, 4) is 5.75 Å². The number of hydrogen-bond donors (Lipinski definition) is 2. The molecule has 0 bridgehead atoms. The van der Waals surface area contributed by atoms with Crippen LogP contribution in [0.5, 0.6) is 5.75 Å². The topological polar surface area (TPSA) is 66.4 Å². The number of benzene rings is 2. The quantitative estimate of drug-likeness (QED) is 0.855. The van der Waals surface area contributed by atoms with Crippen LogP contribution < -0.4 is 4.72 Å². The standard InChI is InChI=1S/C13H12ClNO3S/c1-9-11(7-8-12(16)13(9)14)15-19(17,18)10-5-3-2-4-6-10/h2-8,15-16H,1H3. The Hall–Kier alpha value is -1.72. The van der Waals surface area contributed by atoms with Gasteiger partial charge in [-0.05, 0) is 36.8 Å². The summed E-state index contributed by atoms with van der Waals surface area (Å²) in [7, 11) is -3.66. The van der Waals surface area contributed by atoms with E-state index in [1.54, 1.807) is 25.1 Å². The third-order valence-corrected chi connectivity index (χ3v) is 4.52. The molecule has 2 aromatic carbocycles. The third-order valence-electron chi connectivity index (χ3n) is 2.66. The summed E-state index contributed by atoms with van der Waals surface area (Å²) in [6, 6.07) is 10.8. The number of phenols is 1. The summed E-state index contributed by atoms with van der Waals surface area (Å²) in [5.41, 5.74) is 0.813. The van der Waals surface area contributed by atoms with E-state index in [0.717, 1.165) is 0 Å². The Kier molecular flexibility index (Phi) is 3.68. The molecule has 0 saturated heterocycles. The van der Waals surface area contributed by atoms with Crippen LogP contribution >= 0.6 is 11.6 Å². The molecule has 0 unspecified atom stereocenters. The minimum Gasteiger partial charge on any atom is -0.506 e. The predicted octanol–water partition coefficient (Wildman–Crippen LogP) is 3.15. The maximum Gasteiger partial charge on any atom is 0.261 e. The first-order valence-corrected chi connectivity index (χ1v) is 7.34. The van der Waals surface area contributed by atoms with E-state index in [9.17, 15) is 13.5 Å². The van der Waals surface area contributed by atoms with Crippen molar-refractivity contribution in [2.24, 2.45) is 0 Å². The molecule has 0 fully saturated rings. The van der Waals surface area contributed by atoms with Crippen LogP contribution in [0, 0.1) is 6.92 Å². The van der Waals surface area contributed by atoms with Crippen molar-refractivity contribution in [2.75, 3.05) is 4.72 Å². The normalized spacial score (nSPS) is 11.3. The van der Waals surface area contributed by atoms with Gasteiger partial charge in [-0.1, -0.05) is 29.8 Å². The predicted molar refractivity (Wildman–Crippen MR) is 75.1 cm³/mol. The number of sulfonamides is 1. The molecular formula is C13H12ClNO3S. The Morgan fingerprint density at radius 2 is 1.74 bits per heavy atom. The highest BCUT2D eigenvalue weighted by Gasteiger charge is 2.16. The molecule has 2 aromatic rings. The van der Waals surface area contributed by atoms with Crippen LogP contribution in [-0.2, 0) is 10.0 Å². The van der Waals surface area contributed by atoms with Crippen molar-refractivity contribution in [1.82, 2.24) is 0 Å². The van der Waals surface area contributed by atoms with Gasteiger partial charge < -0.3 is 5.11 Å². The van der Waals surface area contributed by atoms with Crippen LogP contribution in [0.3, 0.4) is 0 Å². The van der Waals surface area contributed by atoms with Crippen molar-refractivity contribution in [2.45, 2.75) is 11.8 Å². The van der Waals surface area contributed by atoms with Gasteiger partial charge in [0.1, 0.15) is 5.75 Å². The summed E-state index contributed by atoms with van der Waals surface area (Å²) < 4.78 is 26.7. The van der Waals surface area contributed by atoms with E-state index in [2.05, 4.69) is 4.72 Å². The first kappa shape index (κ1) is 13.7. The zero-order valence-corrected chi connectivity index (χ0v) is 11.7. The summed E-state index contributed by atoms with van der Waals surface area (Å²) in [6.45, 7) is 1.63. The number of anilines is 1. The zero-order chi connectivity index (χ0) is 14.0. The van der Waals surface area contributed by atoms with Crippen LogP contribution in [0.2, 0.25) is 5.02 Å². The molecule has 0 aliphatic carbocycles. The summed E-state index contributed by atoms with van der Waals surface area (Å²) in [4.78, 5) is 0.165. The molecule has 0 aliphatic rings. The Morgan fingerprint density at radius 1 is 1.11 bits per heavy atom. The maximum atomic E-state index is 12.1. The Labute approximate surface area is 116 Å². The second kappa shape index (κ2) is 5.11. The van der Waals surface area contributed by atoms with Gasteiger partial charge in [-0.25, -0.2) is 8.42 Å². The molecule has 0 amide bonds. The lowest BCUT2D eigenvalue weighted by Crippen LogP contribution is -2.13. The van der Waals surface area contributed by atoms with Crippen molar-refractivity contribution in [3.05, 3.63) is 53.1 Å². The second-order valence-electron chi connectivity index (χ2n) is 3.99. The van der Waals surface area contributed by atoms with Gasteiger partial charge in [0.25, 0.3) is 10.0 Å². The minimum absolute atomic E-state index is 0.0816. The Morgan fingerprint density at radius 3 is 2.37 bits per heavy atom. The molecule has 0 saturated carbocycles. The molecule has 0 heterocycles. The van der Waals surface area contributed by atoms with Crippen molar-refractivity contribution >= 4 is 27.3 Å².